The first-order valence-corrected chi connectivity index (χ1v) is 6.92. The van der Waals surface area contributed by atoms with Gasteiger partial charge < -0.3 is 10.4 Å². The molecule has 3 rings (SSSR count). The maximum Gasteiger partial charge on any atom is 0.242 e. The van der Waals surface area contributed by atoms with Crippen molar-refractivity contribution in [3.05, 3.63) is 76.4 Å². The van der Waals surface area contributed by atoms with Gasteiger partial charge in [-0.2, -0.15) is 9.46 Å². The van der Waals surface area contributed by atoms with E-state index >= 15 is 0 Å². The number of hydrogen-bond acceptors (Lipinski definition) is 3. The van der Waals surface area contributed by atoms with Crippen LogP contribution in [0.25, 0.3) is 22.8 Å². The van der Waals surface area contributed by atoms with E-state index in [1.165, 1.54) is 12.4 Å². The van der Waals surface area contributed by atoms with Gasteiger partial charge in [-0.3, -0.25) is 0 Å². The number of rotatable bonds is 2. The highest BCUT2D eigenvalue weighted by Crippen LogP contribution is 2.19. The Bertz CT molecular complexity index is 780. The molecule has 0 aliphatic rings. The van der Waals surface area contributed by atoms with E-state index in [1.807, 2.05) is 26.0 Å². The van der Waals surface area contributed by atoms with E-state index in [1.54, 1.807) is 30.3 Å². The summed E-state index contributed by atoms with van der Waals surface area (Å²) in [5.41, 5.74) is 3.74. The second kappa shape index (κ2) is 5.44. The molecule has 0 fully saturated rings. The van der Waals surface area contributed by atoms with Crippen LogP contribution >= 0.6 is 0 Å². The summed E-state index contributed by atoms with van der Waals surface area (Å²) in [5, 5.41) is 24.0. The van der Waals surface area contributed by atoms with Crippen molar-refractivity contribution in [3.8, 4) is 22.8 Å². The van der Waals surface area contributed by atoms with Crippen LogP contribution in [0.3, 0.4) is 0 Å². The van der Waals surface area contributed by atoms with Crippen molar-refractivity contribution in [3.63, 3.8) is 0 Å². The molecule has 0 aliphatic heterocycles. The minimum Gasteiger partial charge on any atom is -0.618 e. The van der Waals surface area contributed by atoms with Crippen molar-refractivity contribution in [1.29, 1.82) is 0 Å². The Balaban J connectivity index is 2.10. The van der Waals surface area contributed by atoms with Crippen molar-refractivity contribution in [1.82, 2.24) is 4.98 Å². The Hall–Kier alpha value is -2.95. The molecule has 3 aromatic heterocycles. The monoisotopic (exact) mass is 293 g/mol. The SMILES string of the molecule is Cc1ccc(-c2cccc(-c3ccc(C)c[n+]3[O-])n2)[n+]([O-])c1. The summed E-state index contributed by atoms with van der Waals surface area (Å²) in [6.07, 6.45) is 3.01. The maximum absolute atomic E-state index is 12.0. The quantitative estimate of drug-likeness (QED) is 0.538. The molecule has 0 unspecified atom stereocenters. The van der Waals surface area contributed by atoms with Crippen molar-refractivity contribution in [2.24, 2.45) is 0 Å². The number of aryl methyl sites for hydroxylation is 2. The molecule has 0 N–H and O–H groups in total. The number of pyridine rings is 3. The zero-order valence-electron chi connectivity index (χ0n) is 12.4. The number of aromatic nitrogens is 3. The van der Waals surface area contributed by atoms with Gasteiger partial charge in [0.25, 0.3) is 0 Å². The molecule has 5 heteroatoms. The summed E-state index contributed by atoms with van der Waals surface area (Å²) in [6, 6.07) is 12.5. The van der Waals surface area contributed by atoms with Crippen molar-refractivity contribution < 1.29 is 9.46 Å². The van der Waals surface area contributed by atoms with Crippen LogP contribution in [0, 0.1) is 24.3 Å². The van der Waals surface area contributed by atoms with Crippen LogP contribution in [0.1, 0.15) is 11.1 Å². The molecular formula is C17H15N3O2. The van der Waals surface area contributed by atoms with Crippen molar-refractivity contribution in [2.45, 2.75) is 13.8 Å². The highest BCUT2D eigenvalue weighted by atomic mass is 16.5. The van der Waals surface area contributed by atoms with Crippen LogP contribution in [0.4, 0.5) is 0 Å². The van der Waals surface area contributed by atoms with E-state index in [0.717, 1.165) is 20.6 Å². The van der Waals surface area contributed by atoms with E-state index < -0.39 is 0 Å². The fourth-order valence-electron chi connectivity index (χ4n) is 2.28. The Morgan fingerprint density at radius 2 is 1.18 bits per heavy atom. The predicted octanol–water partition coefficient (Wildman–Crippen LogP) is 2.30. The lowest BCUT2D eigenvalue weighted by Gasteiger charge is -2.07. The fraction of sp³-hybridized carbons (Fsp3) is 0.118. The maximum atomic E-state index is 12.0. The Morgan fingerprint density at radius 3 is 1.59 bits per heavy atom. The molecular weight excluding hydrogens is 278 g/mol. The molecule has 0 bridgehead atoms. The van der Waals surface area contributed by atoms with Crippen molar-refractivity contribution in [2.75, 3.05) is 0 Å². The molecule has 3 heterocycles. The molecule has 5 nitrogen and oxygen atoms in total. The Morgan fingerprint density at radius 1 is 0.727 bits per heavy atom. The molecule has 0 atom stereocenters. The summed E-state index contributed by atoms with van der Waals surface area (Å²) in [5.74, 6) is 0. The summed E-state index contributed by atoms with van der Waals surface area (Å²) in [6.45, 7) is 3.71. The second-order valence-electron chi connectivity index (χ2n) is 5.24. The van der Waals surface area contributed by atoms with E-state index in [4.69, 9.17) is 0 Å². The summed E-state index contributed by atoms with van der Waals surface area (Å²) in [4.78, 5) is 4.45. The van der Waals surface area contributed by atoms with Gasteiger partial charge >= 0.3 is 0 Å². The zero-order valence-corrected chi connectivity index (χ0v) is 12.4. The van der Waals surface area contributed by atoms with Gasteiger partial charge in [0.2, 0.25) is 11.4 Å². The van der Waals surface area contributed by atoms with E-state index in [9.17, 15) is 10.4 Å². The molecule has 3 aromatic rings. The van der Waals surface area contributed by atoms with Gasteiger partial charge in [-0.05, 0) is 38.1 Å². The Kier molecular flexibility index (Phi) is 3.47. The van der Waals surface area contributed by atoms with Crippen LogP contribution in [-0.2, 0) is 0 Å². The highest BCUT2D eigenvalue weighted by Gasteiger charge is 2.15. The van der Waals surface area contributed by atoms with Crippen LogP contribution in [0.2, 0.25) is 0 Å². The molecule has 0 spiro atoms. The van der Waals surface area contributed by atoms with E-state index in [-0.39, 0.29) is 0 Å². The fourth-order valence-corrected chi connectivity index (χ4v) is 2.28. The van der Waals surface area contributed by atoms with Crippen LogP contribution in [0.5, 0.6) is 0 Å². The smallest absolute Gasteiger partial charge is 0.242 e. The molecule has 110 valence electrons. The van der Waals surface area contributed by atoms with Crippen LogP contribution in [-0.4, -0.2) is 4.98 Å². The third-order valence-electron chi connectivity index (χ3n) is 3.40. The summed E-state index contributed by atoms with van der Waals surface area (Å²) in [7, 11) is 0. The average molecular weight is 293 g/mol. The number of nitrogens with zero attached hydrogens (tertiary/aromatic N) is 3. The largest absolute Gasteiger partial charge is 0.618 e. The molecule has 0 saturated carbocycles. The first kappa shape index (κ1) is 14.0. The summed E-state index contributed by atoms with van der Waals surface area (Å²) < 4.78 is 1.59. The number of hydrogen-bond donors (Lipinski definition) is 0. The van der Waals surface area contributed by atoms with Gasteiger partial charge in [0.1, 0.15) is 11.4 Å². The van der Waals surface area contributed by atoms with E-state index in [0.29, 0.717) is 22.8 Å². The molecule has 0 amide bonds. The second-order valence-corrected chi connectivity index (χ2v) is 5.24. The lowest BCUT2D eigenvalue weighted by Crippen LogP contribution is -2.30. The molecule has 0 saturated heterocycles. The van der Waals surface area contributed by atoms with Gasteiger partial charge in [-0.15, -0.1) is 0 Å². The van der Waals surface area contributed by atoms with Crippen LogP contribution < -0.4 is 9.46 Å². The van der Waals surface area contributed by atoms with Gasteiger partial charge in [0.15, 0.2) is 12.4 Å². The third kappa shape index (κ3) is 2.61. The highest BCUT2D eigenvalue weighted by molar-refractivity contribution is 5.58. The first-order valence-electron chi connectivity index (χ1n) is 6.92. The van der Waals surface area contributed by atoms with Crippen LogP contribution in [0.15, 0.2) is 54.9 Å². The normalized spacial score (nSPS) is 10.6. The minimum absolute atomic E-state index is 0.456. The average Bonchev–Trinajstić information content (AvgIpc) is 2.47. The molecule has 0 aliphatic carbocycles. The summed E-state index contributed by atoms with van der Waals surface area (Å²) >= 11 is 0. The first-order chi connectivity index (χ1) is 10.5. The lowest BCUT2D eigenvalue weighted by molar-refractivity contribution is -0.594. The lowest BCUT2D eigenvalue weighted by atomic mass is 10.1. The van der Waals surface area contributed by atoms with Crippen molar-refractivity contribution >= 4 is 0 Å². The van der Waals surface area contributed by atoms with Gasteiger partial charge in [0, 0.05) is 23.3 Å². The standard InChI is InChI=1S/C17H15N3O2/c1-12-6-8-16(19(21)10-12)14-4-3-5-15(18-14)17-9-7-13(2)11-20(17)22/h3-11H,1-2H3. The van der Waals surface area contributed by atoms with Gasteiger partial charge in [-0.1, -0.05) is 6.07 Å². The predicted molar refractivity (Wildman–Crippen MR) is 82.5 cm³/mol. The third-order valence-corrected chi connectivity index (χ3v) is 3.40. The molecule has 0 aromatic carbocycles. The van der Waals surface area contributed by atoms with Gasteiger partial charge in [-0.25, -0.2) is 4.98 Å². The topological polar surface area (TPSA) is 66.8 Å². The molecule has 0 radical (unpaired) electrons. The minimum atomic E-state index is 0.456. The van der Waals surface area contributed by atoms with E-state index in [2.05, 4.69) is 4.98 Å². The zero-order chi connectivity index (χ0) is 15.7. The van der Waals surface area contributed by atoms with Gasteiger partial charge in [0.05, 0.1) is 0 Å². The molecule has 22 heavy (non-hydrogen) atoms. The Labute approximate surface area is 128 Å².